The number of likely N-dealkylation sites (N-methyl/N-ethyl adjacent to an activating group) is 1. The Bertz CT molecular complexity index is 483. The van der Waals surface area contributed by atoms with Gasteiger partial charge in [-0.2, -0.15) is 0 Å². The highest BCUT2D eigenvalue weighted by Crippen LogP contribution is 2.16. The molecule has 0 unspecified atom stereocenters. The van der Waals surface area contributed by atoms with Gasteiger partial charge in [-0.1, -0.05) is 6.92 Å². The number of nitrogens with one attached hydrogen (secondary N) is 1. The smallest absolute Gasteiger partial charge is 0.242 e. The van der Waals surface area contributed by atoms with E-state index in [-0.39, 0.29) is 0 Å². The van der Waals surface area contributed by atoms with E-state index in [2.05, 4.69) is 24.2 Å². The molecule has 0 radical (unpaired) electrons. The molecule has 0 amide bonds. The predicted octanol–water partition coefficient (Wildman–Crippen LogP) is 1.30. The molecule has 0 saturated carbocycles. The number of benzene rings is 1. The number of nitrogens with zero attached hydrogens (tertiary/aromatic N) is 2. The molecule has 6 heteroatoms. The Balaban J connectivity index is 2.62. The summed E-state index contributed by atoms with van der Waals surface area (Å²) < 4.78 is 25.0. The molecule has 0 fully saturated rings. The molecule has 0 aromatic heterocycles. The van der Waals surface area contributed by atoms with Crippen LogP contribution >= 0.6 is 0 Å². The lowest BCUT2D eigenvalue weighted by atomic mass is 10.3. The lowest BCUT2D eigenvalue weighted by molar-refractivity contribution is 0.367. The van der Waals surface area contributed by atoms with Crippen molar-refractivity contribution < 1.29 is 8.42 Å². The standard InChI is InChI=1S/C13H23N3O2S/c1-5-16(4)11-10-14-12-6-8-13(9-7-12)19(17,18)15(2)3/h6-9,14H,5,10-11H2,1-4H3. The molecule has 0 heterocycles. The van der Waals surface area contributed by atoms with Gasteiger partial charge in [-0.15, -0.1) is 0 Å². The monoisotopic (exact) mass is 285 g/mol. The van der Waals surface area contributed by atoms with Gasteiger partial charge in [-0.25, -0.2) is 12.7 Å². The molecule has 1 aromatic rings. The Labute approximate surface area is 116 Å². The van der Waals surface area contributed by atoms with Gasteiger partial charge < -0.3 is 10.2 Å². The first kappa shape index (κ1) is 15.9. The maximum absolute atomic E-state index is 11.9. The zero-order valence-corrected chi connectivity index (χ0v) is 12.9. The van der Waals surface area contributed by atoms with Crippen molar-refractivity contribution in [3.05, 3.63) is 24.3 Å². The molecule has 0 aliphatic heterocycles. The van der Waals surface area contributed by atoms with Crippen molar-refractivity contribution in [1.82, 2.24) is 9.21 Å². The molecule has 1 rings (SSSR count). The minimum absolute atomic E-state index is 0.314. The summed E-state index contributed by atoms with van der Waals surface area (Å²) in [4.78, 5) is 2.52. The van der Waals surface area contributed by atoms with Crippen molar-refractivity contribution >= 4 is 15.7 Å². The first-order valence-electron chi connectivity index (χ1n) is 6.33. The number of hydrogen-bond acceptors (Lipinski definition) is 4. The van der Waals surface area contributed by atoms with Crippen molar-refractivity contribution in [3.63, 3.8) is 0 Å². The van der Waals surface area contributed by atoms with Crippen LogP contribution < -0.4 is 5.32 Å². The summed E-state index contributed by atoms with van der Waals surface area (Å²) in [6, 6.07) is 6.84. The van der Waals surface area contributed by atoms with Gasteiger partial charge in [0.25, 0.3) is 0 Å². The maximum Gasteiger partial charge on any atom is 0.242 e. The molecular formula is C13H23N3O2S. The summed E-state index contributed by atoms with van der Waals surface area (Å²) in [7, 11) is 1.79. The van der Waals surface area contributed by atoms with E-state index < -0.39 is 10.0 Å². The molecule has 108 valence electrons. The second-order valence-corrected chi connectivity index (χ2v) is 6.79. The van der Waals surface area contributed by atoms with E-state index in [1.54, 1.807) is 24.3 Å². The summed E-state index contributed by atoms with van der Waals surface area (Å²) >= 11 is 0. The van der Waals surface area contributed by atoms with Crippen molar-refractivity contribution in [3.8, 4) is 0 Å². The van der Waals surface area contributed by atoms with Crippen molar-refractivity contribution in [1.29, 1.82) is 0 Å². The highest BCUT2D eigenvalue weighted by molar-refractivity contribution is 7.89. The normalized spacial score (nSPS) is 12.1. The fourth-order valence-corrected chi connectivity index (χ4v) is 2.41. The highest BCUT2D eigenvalue weighted by atomic mass is 32.2. The zero-order valence-electron chi connectivity index (χ0n) is 12.0. The molecule has 19 heavy (non-hydrogen) atoms. The van der Waals surface area contributed by atoms with Gasteiger partial charge in [0.05, 0.1) is 4.90 Å². The summed E-state index contributed by atoms with van der Waals surface area (Å²) in [6.45, 7) is 4.92. The van der Waals surface area contributed by atoms with Crippen LogP contribution in [0.5, 0.6) is 0 Å². The quantitative estimate of drug-likeness (QED) is 0.820. The Hall–Kier alpha value is -1.11. The number of rotatable bonds is 7. The third-order valence-corrected chi connectivity index (χ3v) is 4.82. The molecule has 5 nitrogen and oxygen atoms in total. The van der Waals surface area contributed by atoms with Crippen LogP contribution in [0.15, 0.2) is 29.2 Å². The average Bonchev–Trinajstić information content (AvgIpc) is 2.39. The van der Waals surface area contributed by atoms with E-state index in [0.29, 0.717) is 4.90 Å². The van der Waals surface area contributed by atoms with Gasteiger partial charge in [-0.3, -0.25) is 0 Å². The van der Waals surface area contributed by atoms with E-state index >= 15 is 0 Å². The van der Waals surface area contributed by atoms with E-state index in [4.69, 9.17) is 0 Å². The van der Waals surface area contributed by atoms with Crippen LogP contribution in [0.1, 0.15) is 6.92 Å². The van der Waals surface area contributed by atoms with E-state index in [0.717, 1.165) is 25.3 Å². The van der Waals surface area contributed by atoms with Crippen LogP contribution in [0, 0.1) is 0 Å². The van der Waals surface area contributed by atoms with E-state index in [1.165, 1.54) is 18.4 Å². The molecular weight excluding hydrogens is 262 g/mol. The summed E-state index contributed by atoms with van der Waals surface area (Å²) in [6.07, 6.45) is 0. The summed E-state index contributed by atoms with van der Waals surface area (Å²) in [5, 5.41) is 3.27. The van der Waals surface area contributed by atoms with E-state index in [1.807, 2.05) is 0 Å². The van der Waals surface area contributed by atoms with Crippen LogP contribution in [0.2, 0.25) is 0 Å². The lowest BCUT2D eigenvalue weighted by Crippen LogP contribution is -2.24. The SMILES string of the molecule is CCN(C)CCNc1ccc(S(=O)(=O)N(C)C)cc1. The minimum Gasteiger partial charge on any atom is -0.384 e. The van der Waals surface area contributed by atoms with Gasteiger partial charge in [0.1, 0.15) is 0 Å². The Morgan fingerprint density at radius 1 is 1.11 bits per heavy atom. The second kappa shape index (κ2) is 6.88. The Morgan fingerprint density at radius 2 is 1.68 bits per heavy atom. The first-order chi connectivity index (χ1) is 8.87. The molecule has 0 atom stereocenters. The topological polar surface area (TPSA) is 52.7 Å². The van der Waals surface area contributed by atoms with Crippen LogP contribution in [-0.2, 0) is 10.0 Å². The molecule has 0 bridgehead atoms. The highest BCUT2D eigenvalue weighted by Gasteiger charge is 2.16. The molecule has 0 aliphatic carbocycles. The maximum atomic E-state index is 11.9. The number of anilines is 1. The molecule has 0 aliphatic rings. The van der Waals surface area contributed by atoms with Crippen LogP contribution in [0.3, 0.4) is 0 Å². The van der Waals surface area contributed by atoms with Gasteiger partial charge >= 0.3 is 0 Å². The van der Waals surface area contributed by atoms with Gasteiger partial charge in [0.2, 0.25) is 10.0 Å². The molecule has 1 aromatic carbocycles. The van der Waals surface area contributed by atoms with Crippen LogP contribution in [-0.4, -0.2) is 58.4 Å². The minimum atomic E-state index is -3.33. The van der Waals surface area contributed by atoms with Crippen molar-refractivity contribution in [2.24, 2.45) is 0 Å². The molecule has 0 spiro atoms. The Kier molecular flexibility index (Phi) is 5.78. The van der Waals surface area contributed by atoms with Gasteiger partial charge in [0, 0.05) is 32.9 Å². The fourth-order valence-electron chi connectivity index (χ4n) is 1.50. The zero-order chi connectivity index (χ0) is 14.5. The molecule has 1 N–H and O–H groups in total. The third kappa shape index (κ3) is 4.49. The average molecular weight is 285 g/mol. The Morgan fingerprint density at radius 3 is 2.16 bits per heavy atom. The van der Waals surface area contributed by atoms with Gasteiger partial charge in [0.15, 0.2) is 0 Å². The summed E-state index contributed by atoms with van der Waals surface area (Å²) in [5.74, 6) is 0. The summed E-state index contributed by atoms with van der Waals surface area (Å²) in [5.41, 5.74) is 0.933. The lowest BCUT2D eigenvalue weighted by Gasteiger charge is -2.15. The van der Waals surface area contributed by atoms with Gasteiger partial charge in [-0.05, 0) is 37.9 Å². The number of sulfonamides is 1. The van der Waals surface area contributed by atoms with Crippen LogP contribution in [0.4, 0.5) is 5.69 Å². The fraction of sp³-hybridized carbons (Fsp3) is 0.538. The molecule has 0 saturated heterocycles. The van der Waals surface area contributed by atoms with Crippen molar-refractivity contribution in [2.75, 3.05) is 46.1 Å². The predicted molar refractivity (Wildman–Crippen MR) is 79.0 cm³/mol. The van der Waals surface area contributed by atoms with E-state index in [9.17, 15) is 8.42 Å². The van der Waals surface area contributed by atoms with Crippen molar-refractivity contribution in [2.45, 2.75) is 11.8 Å². The first-order valence-corrected chi connectivity index (χ1v) is 7.77. The van der Waals surface area contributed by atoms with Crippen LogP contribution in [0.25, 0.3) is 0 Å². The largest absolute Gasteiger partial charge is 0.384 e. The second-order valence-electron chi connectivity index (χ2n) is 4.63. The number of hydrogen-bond donors (Lipinski definition) is 1. The third-order valence-electron chi connectivity index (χ3n) is 3.00.